The van der Waals surface area contributed by atoms with Gasteiger partial charge in [0.05, 0.1) is 0 Å². The van der Waals surface area contributed by atoms with Gasteiger partial charge in [0.1, 0.15) is 11.5 Å². The summed E-state index contributed by atoms with van der Waals surface area (Å²) in [6.45, 7) is 0. The molecule has 1 saturated carbocycles. The first-order valence-electron chi connectivity index (χ1n) is 17.2. The fraction of sp³-hybridized carbons (Fsp3) is 0.182. The van der Waals surface area contributed by atoms with Gasteiger partial charge in [-0.2, -0.15) is 0 Å². The van der Waals surface area contributed by atoms with Gasteiger partial charge in [-0.05, 0) is 73.9 Å². The Labute approximate surface area is 286 Å². The molecule has 0 unspecified atom stereocenters. The lowest BCUT2D eigenvalue weighted by Crippen LogP contribution is -2.62. The van der Waals surface area contributed by atoms with Crippen molar-refractivity contribution in [3.8, 4) is 11.5 Å². The summed E-state index contributed by atoms with van der Waals surface area (Å²) < 4.78 is 15.2. The van der Waals surface area contributed by atoms with Crippen molar-refractivity contribution in [2.75, 3.05) is 0 Å². The van der Waals surface area contributed by atoms with E-state index in [9.17, 15) is 0 Å². The van der Waals surface area contributed by atoms with Gasteiger partial charge in [-0.3, -0.25) is 0 Å². The van der Waals surface area contributed by atoms with Crippen molar-refractivity contribution in [3.05, 3.63) is 169 Å². The van der Waals surface area contributed by atoms with Gasteiger partial charge in [0.2, 0.25) is 0 Å². The van der Waals surface area contributed by atoms with Crippen LogP contribution in [0.2, 0.25) is 0 Å². The third-order valence-electron chi connectivity index (χ3n) is 10.4. The molecule has 0 N–H and O–H groups in total. The molecule has 9 rings (SSSR count). The van der Waals surface area contributed by atoms with Gasteiger partial charge in [-0.25, -0.2) is 0 Å². The quantitative estimate of drug-likeness (QED) is 0.169. The van der Waals surface area contributed by atoms with Crippen LogP contribution in [0.1, 0.15) is 30.4 Å². The van der Waals surface area contributed by atoms with E-state index in [2.05, 4.69) is 158 Å². The molecule has 2 nitrogen and oxygen atoms in total. The molecule has 6 aromatic rings. The Bertz CT molecular complexity index is 1800. The summed E-state index contributed by atoms with van der Waals surface area (Å²) in [5, 5.41) is 7.92. The predicted octanol–water partition coefficient (Wildman–Crippen LogP) is 7.89. The molecular weight excluding hydrogens is 622 g/mol. The largest absolute Gasteiger partial charge is 0.451 e. The van der Waals surface area contributed by atoms with Crippen LogP contribution in [0.15, 0.2) is 158 Å². The van der Waals surface area contributed by atoms with Gasteiger partial charge in [-0.1, -0.05) is 164 Å². The SMILES string of the molecule is c1ccc(P(c2ccccc2)c2cccc3c2OC24Oc5c(cccc5P(c5ccccc5)c5ccccc5)C[C@@H]2CCC[C@H]4C3)cc1. The molecule has 0 amide bonds. The normalized spacial score (nSPS) is 20.9. The van der Waals surface area contributed by atoms with Gasteiger partial charge in [0.25, 0.3) is 5.79 Å². The molecule has 6 aromatic carbocycles. The summed E-state index contributed by atoms with van der Waals surface area (Å²) in [7, 11) is -1.64. The molecule has 0 aromatic heterocycles. The van der Waals surface area contributed by atoms with E-state index in [1.54, 1.807) is 0 Å². The van der Waals surface area contributed by atoms with E-state index < -0.39 is 21.6 Å². The Kier molecular flexibility index (Phi) is 7.89. The highest BCUT2D eigenvalue weighted by molar-refractivity contribution is 7.80. The van der Waals surface area contributed by atoms with Crippen LogP contribution in [-0.4, -0.2) is 5.79 Å². The number of fused-ring (bicyclic) bond motifs is 2. The molecule has 1 aliphatic carbocycles. The zero-order valence-corrected chi connectivity index (χ0v) is 28.7. The Morgan fingerprint density at radius 1 is 0.417 bits per heavy atom. The van der Waals surface area contributed by atoms with Crippen LogP contribution in [-0.2, 0) is 12.8 Å². The van der Waals surface area contributed by atoms with Gasteiger partial charge >= 0.3 is 0 Å². The molecule has 2 heterocycles. The van der Waals surface area contributed by atoms with Crippen LogP contribution in [0.3, 0.4) is 0 Å². The van der Waals surface area contributed by atoms with Crippen molar-refractivity contribution in [2.45, 2.75) is 37.9 Å². The summed E-state index contributed by atoms with van der Waals surface area (Å²) in [5.41, 5.74) is 2.64. The lowest BCUT2D eigenvalue weighted by Gasteiger charge is -2.54. The Balaban J connectivity index is 1.19. The molecule has 1 spiro atoms. The number of para-hydroxylation sites is 2. The van der Waals surface area contributed by atoms with E-state index >= 15 is 0 Å². The molecule has 0 saturated heterocycles. The molecular formula is C44H38O2P2. The summed E-state index contributed by atoms with van der Waals surface area (Å²) >= 11 is 0. The van der Waals surface area contributed by atoms with Gasteiger partial charge < -0.3 is 9.47 Å². The first kappa shape index (κ1) is 29.9. The third kappa shape index (κ3) is 5.18. The Hall–Kier alpha value is -4.22. The molecule has 236 valence electrons. The summed E-state index contributed by atoms with van der Waals surface area (Å²) in [6, 6.07) is 57.7. The van der Waals surface area contributed by atoms with Gasteiger partial charge in [-0.15, -0.1) is 0 Å². The number of hydrogen-bond donors (Lipinski definition) is 0. The lowest BCUT2D eigenvalue weighted by atomic mass is 9.68. The fourth-order valence-corrected chi connectivity index (χ4v) is 13.1. The molecule has 1 fully saturated rings. The molecule has 0 radical (unpaired) electrons. The highest BCUT2D eigenvalue weighted by Gasteiger charge is 2.57. The van der Waals surface area contributed by atoms with Crippen molar-refractivity contribution in [1.29, 1.82) is 0 Å². The Morgan fingerprint density at radius 2 is 0.771 bits per heavy atom. The smallest absolute Gasteiger partial charge is 0.257 e. The maximum absolute atomic E-state index is 7.59. The maximum Gasteiger partial charge on any atom is 0.257 e. The summed E-state index contributed by atoms with van der Waals surface area (Å²) in [4.78, 5) is 0. The number of rotatable bonds is 6. The third-order valence-corrected chi connectivity index (χ3v) is 15.3. The molecule has 48 heavy (non-hydrogen) atoms. The highest BCUT2D eigenvalue weighted by Crippen LogP contribution is 2.55. The van der Waals surface area contributed by atoms with Crippen LogP contribution < -0.4 is 41.3 Å². The van der Waals surface area contributed by atoms with E-state index in [0.717, 1.165) is 37.2 Å². The standard InChI is InChI=1S/C44H38O2P2/c1-5-20-36(21-6-1)47(37-22-7-2-8-23-37)40-28-13-16-32-30-34-18-15-19-35-31-33-17-14-29-41(43(33)46-44(34,35)45-42(32)40)48(38-24-9-3-10-25-38)39-26-11-4-12-27-39/h1-14,16-17,20-29,34-35H,15,18-19,30-31H2/t34-,35-,44?/m0/s1. The second-order valence-electron chi connectivity index (χ2n) is 13.2. The van der Waals surface area contributed by atoms with E-state index in [-0.39, 0.29) is 0 Å². The summed E-state index contributed by atoms with van der Waals surface area (Å²) in [6.07, 6.45) is 5.42. The monoisotopic (exact) mass is 660 g/mol. The molecule has 2 atom stereocenters. The van der Waals surface area contributed by atoms with Gasteiger partial charge in [0.15, 0.2) is 0 Å². The summed E-state index contributed by atoms with van der Waals surface area (Å²) in [5.74, 6) is 2.02. The zero-order chi connectivity index (χ0) is 31.9. The van der Waals surface area contributed by atoms with Crippen molar-refractivity contribution in [3.63, 3.8) is 0 Å². The first-order chi connectivity index (χ1) is 23.8. The second kappa shape index (κ2) is 12.7. The first-order valence-corrected chi connectivity index (χ1v) is 19.9. The van der Waals surface area contributed by atoms with Crippen LogP contribution in [0.5, 0.6) is 11.5 Å². The molecule has 3 aliphatic rings. The van der Waals surface area contributed by atoms with Crippen LogP contribution in [0.4, 0.5) is 0 Å². The average molecular weight is 661 g/mol. The number of benzene rings is 6. The number of hydrogen-bond acceptors (Lipinski definition) is 2. The maximum atomic E-state index is 7.59. The van der Waals surface area contributed by atoms with Crippen molar-refractivity contribution in [1.82, 2.24) is 0 Å². The highest BCUT2D eigenvalue weighted by atomic mass is 31.1. The van der Waals surface area contributed by atoms with Crippen molar-refractivity contribution in [2.24, 2.45) is 11.8 Å². The average Bonchev–Trinajstić information content (AvgIpc) is 3.15. The molecule has 0 bridgehead atoms. The van der Waals surface area contributed by atoms with E-state index in [1.807, 2.05) is 0 Å². The van der Waals surface area contributed by atoms with Gasteiger partial charge in [0, 0.05) is 22.4 Å². The van der Waals surface area contributed by atoms with E-state index in [4.69, 9.17) is 9.47 Å². The number of ether oxygens (including phenoxy) is 2. The minimum absolute atomic E-state index is 0.305. The zero-order valence-electron chi connectivity index (χ0n) is 26.9. The minimum Gasteiger partial charge on any atom is -0.451 e. The van der Waals surface area contributed by atoms with Crippen LogP contribution >= 0.6 is 15.8 Å². The van der Waals surface area contributed by atoms with Crippen molar-refractivity contribution >= 4 is 47.7 Å². The van der Waals surface area contributed by atoms with Crippen molar-refractivity contribution < 1.29 is 9.47 Å². The molecule has 2 aliphatic heterocycles. The van der Waals surface area contributed by atoms with E-state index in [1.165, 1.54) is 49.4 Å². The second-order valence-corrected chi connectivity index (χ2v) is 17.6. The van der Waals surface area contributed by atoms with E-state index in [0.29, 0.717) is 11.8 Å². The minimum atomic E-state index is -0.820. The predicted molar refractivity (Wildman–Crippen MR) is 203 cm³/mol. The van der Waals surface area contributed by atoms with Crippen LogP contribution in [0.25, 0.3) is 0 Å². The topological polar surface area (TPSA) is 18.5 Å². The van der Waals surface area contributed by atoms with Crippen LogP contribution in [0, 0.1) is 11.8 Å². The fourth-order valence-electron chi connectivity index (χ4n) is 8.25. The Morgan fingerprint density at radius 3 is 1.12 bits per heavy atom. The lowest BCUT2D eigenvalue weighted by molar-refractivity contribution is -0.225. The molecule has 4 heteroatoms.